The number of carbonyl (C=O) groups excluding carboxylic acids is 1. The monoisotopic (exact) mass is 247 g/mol. The van der Waals surface area contributed by atoms with Gasteiger partial charge in [-0.2, -0.15) is 0 Å². The fraction of sp³-hybridized carbons (Fsp3) is 0.571. The molecule has 1 unspecified atom stereocenters. The van der Waals surface area contributed by atoms with E-state index in [1.165, 1.54) is 0 Å². The summed E-state index contributed by atoms with van der Waals surface area (Å²) in [5.41, 5.74) is 0.461. The standard InChI is InChI=1S/C14H21N3O/c1-14(2,11-4-3-7-16-10-11)13(18)17-12-5-8-15-9-6-12/h5-6,8-9,11,16H,3-4,7,10H2,1-2H3,(H,15,17,18). The minimum atomic E-state index is -0.351. The summed E-state index contributed by atoms with van der Waals surface area (Å²) < 4.78 is 0. The Morgan fingerprint density at radius 2 is 2.17 bits per heavy atom. The summed E-state index contributed by atoms with van der Waals surface area (Å²) in [5, 5.41) is 6.34. The molecule has 0 aliphatic carbocycles. The van der Waals surface area contributed by atoms with Gasteiger partial charge in [0.2, 0.25) is 5.91 Å². The number of hydrogen-bond acceptors (Lipinski definition) is 3. The molecule has 4 heteroatoms. The van der Waals surface area contributed by atoms with E-state index in [0.29, 0.717) is 5.92 Å². The first kappa shape index (κ1) is 13.0. The van der Waals surface area contributed by atoms with Gasteiger partial charge in [0.15, 0.2) is 0 Å². The molecule has 0 aromatic carbocycles. The van der Waals surface area contributed by atoms with E-state index in [2.05, 4.69) is 15.6 Å². The van der Waals surface area contributed by atoms with Crippen LogP contribution in [0.5, 0.6) is 0 Å². The molecule has 4 nitrogen and oxygen atoms in total. The zero-order valence-electron chi connectivity index (χ0n) is 11.1. The van der Waals surface area contributed by atoms with E-state index in [1.54, 1.807) is 12.4 Å². The van der Waals surface area contributed by atoms with Crippen molar-refractivity contribution in [1.29, 1.82) is 0 Å². The number of anilines is 1. The zero-order valence-corrected chi connectivity index (χ0v) is 11.1. The third-order valence-electron chi connectivity index (χ3n) is 3.84. The molecule has 98 valence electrons. The number of rotatable bonds is 3. The molecule has 1 aliphatic rings. The van der Waals surface area contributed by atoms with Crippen molar-refractivity contribution in [3.8, 4) is 0 Å². The van der Waals surface area contributed by atoms with Crippen LogP contribution >= 0.6 is 0 Å². The minimum absolute atomic E-state index is 0.0856. The number of amides is 1. The molecule has 1 atom stereocenters. The molecule has 0 spiro atoms. The number of hydrogen-bond donors (Lipinski definition) is 2. The molecule has 2 rings (SSSR count). The molecular formula is C14H21N3O. The third-order valence-corrected chi connectivity index (χ3v) is 3.84. The van der Waals surface area contributed by atoms with Gasteiger partial charge in [-0.05, 0) is 44.0 Å². The molecule has 1 aromatic rings. The maximum atomic E-state index is 12.4. The molecule has 18 heavy (non-hydrogen) atoms. The Morgan fingerprint density at radius 1 is 1.44 bits per heavy atom. The van der Waals surface area contributed by atoms with Crippen LogP contribution in [-0.2, 0) is 4.79 Å². The molecule has 1 fully saturated rings. The molecule has 1 aromatic heterocycles. The van der Waals surface area contributed by atoms with Gasteiger partial charge in [0, 0.05) is 23.5 Å². The molecule has 0 radical (unpaired) electrons. The second-order valence-corrected chi connectivity index (χ2v) is 5.45. The number of piperidine rings is 1. The van der Waals surface area contributed by atoms with Crippen LogP contribution in [0.15, 0.2) is 24.5 Å². The fourth-order valence-corrected chi connectivity index (χ4v) is 2.38. The van der Waals surface area contributed by atoms with E-state index < -0.39 is 0 Å². The van der Waals surface area contributed by atoms with Gasteiger partial charge < -0.3 is 10.6 Å². The summed E-state index contributed by atoms with van der Waals surface area (Å²) in [4.78, 5) is 16.3. The number of aromatic nitrogens is 1. The highest BCUT2D eigenvalue weighted by Gasteiger charge is 2.37. The van der Waals surface area contributed by atoms with Gasteiger partial charge in [-0.25, -0.2) is 0 Å². The highest BCUT2D eigenvalue weighted by atomic mass is 16.2. The average molecular weight is 247 g/mol. The summed E-state index contributed by atoms with van der Waals surface area (Å²) in [7, 11) is 0. The lowest BCUT2D eigenvalue weighted by Gasteiger charge is -2.36. The van der Waals surface area contributed by atoms with Crippen molar-refractivity contribution >= 4 is 11.6 Å². The average Bonchev–Trinajstić information content (AvgIpc) is 2.41. The van der Waals surface area contributed by atoms with Crippen LogP contribution < -0.4 is 10.6 Å². The van der Waals surface area contributed by atoms with Crippen molar-refractivity contribution in [2.24, 2.45) is 11.3 Å². The number of pyridine rings is 1. The Labute approximate surface area is 108 Å². The van der Waals surface area contributed by atoms with E-state index in [-0.39, 0.29) is 11.3 Å². The molecule has 1 amide bonds. The second-order valence-electron chi connectivity index (χ2n) is 5.45. The van der Waals surface area contributed by atoms with Crippen LogP contribution in [0.1, 0.15) is 26.7 Å². The second kappa shape index (κ2) is 5.48. The Kier molecular flexibility index (Phi) is 3.97. The van der Waals surface area contributed by atoms with Gasteiger partial charge in [-0.1, -0.05) is 13.8 Å². The van der Waals surface area contributed by atoms with Gasteiger partial charge in [-0.15, -0.1) is 0 Å². The Bertz CT molecular complexity index is 397. The lowest BCUT2D eigenvalue weighted by molar-refractivity contribution is -0.127. The summed E-state index contributed by atoms with van der Waals surface area (Å²) in [6.45, 7) is 6.05. The Balaban J connectivity index is 2.02. The topological polar surface area (TPSA) is 54.0 Å². The lowest BCUT2D eigenvalue weighted by Crippen LogP contribution is -2.44. The largest absolute Gasteiger partial charge is 0.326 e. The molecule has 0 bridgehead atoms. The van der Waals surface area contributed by atoms with Crippen molar-refractivity contribution in [2.45, 2.75) is 26.7 Å². The van der Waals surface area contributed by atoms with Crippen molar-refractivity contribution in [2.75, 3.05) is 18.4 Å². The van der Waals surface area contributed by atoms with E-state index in [0.717, 1.165) is 31.6 Å². The summed E-state index contributed by atoms with van der Waals surface area (Å²) >= 11 is 0. The van der Waals surface area contributed by atoms with Crippen molar-refractivity contribution < 1.29 is 4.79 Å². The van der Waals surface area contributed by atoms with Crippen LogP contribution in [0.2, 0.25) is 0 Å². The molecule has 1 saturated heterocycles. The Hall–Kier alpha value is -1.42. The normalized spacial score (nSPS) is 20.4. The fourth-order valence-electron chi connectivity index (χ4n) is 2.38. The van der Waals surface area contributed by atoms with E-state index >= 15 is 0 Å². The molecule has 1 aliphatic heterocycles. The lowest BCUT2D eigenvalue weighted by atomic mass is 9.74. The molecule has 2 heterocycles. The first-order valence-electron chi connectivity index (χ1n) is 6.53. The van der Waals surface area contributed by atoms with Gasteiger partial charge in [0.25, 0.3) is 0 Å². The number of carbonyl (C=O) groups is 1. The third kappa shape index (κ3) is 2.88. The van der Waals surface area contributed by atoms with Gasteiger partial charge in [-0.3, -0.25) is 9.78 Å². The summed E-state index contributed by atoms with van der Waals surface area (Å²) in [6, 6.07) is 3.63. The maximum Gasteiger partial charge on any atom is 0.230 e. The van der Waals surface area contributed by atoms with Crippen molar-refractivity contribution in [3.63, 3.8) is 0 Å². The maximum absolute atomic E-state index is 12.4. The van der Waals surface area contributed by atoms with Gasteiger partial charge >= 0.3 is 0 Å². The predicted molar refractivity (Wildman–Crippen MR) is 72.2 cm³/mol. The molecule has 0 saturated carbocycles. The summed E-state index contributed by atoms with van der Waals surface area (Å²) in [6.07, 6.45) is 5.63. The van der Waals surface area contributed by atoms with Crippen LogP contribution in [0.25, 0.3) is 0 Å². The van der Waals surface area contributed by atoms with Gasteiger partial charge in [0.1, 0.15) is 0 Å². The zero-order chi connectivity index (χ0) is 13.0. The highest BCUT2D eigenvalue weighted by molar-refractivity contribution is 5.94. The number of nitrogens with zero attached hydrogens (tertiary/aromatic N) is 1. The minimum Gasteiger partial charge on any atom is -0.326 e. The van der Waals surface area contributed by atoms with Gasteiger partial charge in [0.05, 0.1) is 0 Å². The summed E-state index contributed by atoms with van der Waals surface area (Å²) in [5.74, 6) is 0.482. The van der Waals surface area contributed by atoms with Crippen LogP contribution in [0.4, 0.5) is 5.69 Å². The quantitative estimate of drug-likeness (QED) is 0.859. The van der Waals surface area contributed by atoms with Crippen LogP contribution in [-0.4, -0.2) is 24.0 Å². The number of nitrogens with one attached hydrogen (secondary N) is 2. The smallest absolute Gasteiger partial charge is 0.230 e. The van der Waals surface area contributed by atoms with Crippen molar-refractivity contribution in [1.82, 2.24) is 10.3 Å². The molecular weight excluding hydrogens is 226 g/mol. The van der Waals surface area contributed by atoms with E-state index in [9.17, 15) is 4.79 Å². The van der Waals surface area contributed by atoms with Crippen molar-refractivity contribution in [3.05, 3.63) is 24.5 Å². The molecule has 2 N–H and O–H groups in total. The van der Waals surface area contributed by atoms with Crippen LogP contribution in [0.3, 0.4) is 0 Å². The predicted octanol–water partition coefficient (Wildman–Crippen LogP) is 2.05. The van der Waals surface area contributed by atoms with Crippen LogP contribution in [0, 0.1) is 11.3 Å². The first-order valence-corrected chi connectivity index (χ1v) is 6.53. The van der Waals surface area contributed by atoms with E-state index in [4.69, 9.17) is 0 Å². The highest BCUT2D eigenvalue weighted by Crippen LogP contribution is 2.32. The first-order chi connectivity index (χ1) is 8.60. The SMILES string of the molecule is CC(C)(C(=O)Nc1ccncc1)C1CCCNC1. The van der Waals surface area contributed by atoms with E-state index in [1.807, 2.05) is 26.0 Å². The Morgan fingerprint density at radius 3 is 2.78 bits per heavy atom.